The molecule has 1 aliphatic carbocycles. The van der Waals surface area contributed by atoms with Crippen LogP contribution < -0.4 is 20.1 Å². The third kappa shape index (κ3) is 6.27. The van der Waals surface area contributed by atoms with E-state index in [0.29, 0.717) is 18.0 Å². The van der Waals surface area contributed by atoms with Gasteiger partial charge >= 0.3 is 0 Å². The van der Waals surface area contributed by atoms with Gasteiger partial charge in [0.05, 0.1) is 20.3 Å². The summed E-state index contributed by atoms with van der Waals surface area (Å²) >= 11 is 0. The van der Waals surface area contributed by atoms with Crippen molar-refractivity contribution >= 4 is 5.96 Å². The van der Waals surface area contributed by atoms with Crippen LogP contribution in [-0.4, -0.2) is 58.6 Å². The standard InChI is InChI=1S/C21H35N3O4/c1-5-22-20(24-15-21(7-6-8-21)9-10-26-2)23-14-19(25)16-11-17(27-3)13-18(12-16)28-4/h11-13,19,25H,5-10,14-15H2,1-4H3,(H2,22,23,24). The highest BCUT2D eigenvalue weighted by Crippen LogP contribution is 2.44. The summed E-state index contributed by atoms with van der Waals surface area (Å²) in [7, 11) is 4.94. The first kappa shape index (κ1) is 22.3. The number of rotatable bonds is 11. The van der Waals surface area contributed by atoms with E-state index in [4.69, 9.17) is 19.2 Å². The first-order valence-corrected chi connectivity index (χ1v) is 9.98. The van der Waals surface area contributed by atoms with E-state index in [1.807, 2.05) is 19.1 Å². The molecule has 0 saturated heterocycles. The predicted molar refractivity (Wildman–Crippen MR) is 111 cm³/mol. The molecule has 1 unspecified atom stereocenters. The number of aliphatic imine (C=N–C) groups is 1. The molecule has 0 aliphatic heterocycles. The molecule has 0 heterocycles. The first-order chi connectivity index (χ1) is 13.6. The summed E-state index contributed by atoms with van der Waals surface area (Å²) in [5.74, 6) is 2.03. The highest BCUT2D eigenvalue weighted by Gasteiger charge is 2.36. The number of hydrogen-bond donors (Lipinski definition) is 3. The van der Waals surface area contributed by atoms with Crippen molar-refractivity contribution in [3.8, 4) is 11.5 Å². The molecule has 0 amide bonds. The van der Waals surface area contributed by atoms with Gasteiger partial charge in [0.2, 0.25) is 0 Å². The SMILES string of the molecule is CCNC(=NCC1(CCOC)CCC1)NCC(O)c1cc(OC)cc(OC)c1. The average molecular weight is 394 g/mol. The number of methoxy groups -OCH3 is 3. The molecule has 0 aromatic heterocycles. The minimum atomic E-state index is -0.709. The van der Waals surface area contributed by atoms with Crippen molar-refractivity contribution in [2.75, 3.05) is 47.6 Å². The molecule has 0 radical (unpaired) electrons. The van der Waals surface area contributed by atoms with Crippen LogP contribution in [0.4, 0.5) is 0 Å². The molecule has 7 heteroatoms. The lowest BCUT2D eigenvalue weighted by Crippen LogP contribution is -2.41. The number of benzene rings is 1. The van der Waals surface area contributed by atoms with Gasteiger partial charge in [0.1, 0.15) is 11.5 Å². The van der Waals surface area contributed by atoms with Crippen LogP contribution in [0.15, 0.2) is 23.2 Å². The summed E-state index contributed by atoms with van der Waals surface area (Å²) in [5, 5.41) is 17.1. The Morgan fingerprint density at radius 2 is 1.82 bits per heavy atom. The average Bonchev–Trinajstić information content (AvgIpc) is 2.69. The highest BCUT2D eigenvalue weighted by molar-refractivity contribution is 5.79. The second-order valence-corrected chi connectivity index (χ2v) is 7.33. The van der Waals surface area contributed by atoms with Crippen LogP contribution in [0.3, 0.4) is 0 Å². The van der Waals surface area contributed by atoms with Crippen LogP contribution >= 0.6 is 0 Å². The van der Waals surface area contributed by atoms with Crippen LogP contribution in [0, 0.1) is 5.41 Å². The molecule has 1 atom stereocenters. The van der Waals surface area contributed by atoms with Gasteiger partial charge in [-0.15, -0.1) is 0 Å². The van der Waals surface area contributed by atoms with Crippen LogP contribution in [0.2, 0.25) is 0 Å². The van der Waals surface area contributed by atoms with Gasteiger partial charge in [-0.1, -0.05) is 6.42 Å². The van der Waals surface area contributed by atoms with Crippen LogP contribution in [0.25, 0.3) is 0 Å². The van der Waals surface area contributed by atoms with Gasteiger partial charge in [0.15, 0.2) is 5.96 Å². The molecule has 158 valence electrons. The fourth-order valence-corrected chi connectivity index (χ4v) is 3.40. The molecule has 3 N–H and O–H groups in total. The first-order valence-electron chi connectivity index (χ1n) is 9.98. The Hall–Kier alpha value is -1.99. The molecule has 2 rings (SSSR count). The molecule has 1 aliphatic rings. The minimum absolute atomic E-state index is 0.261. The van der Waals surface area contributed by atoms with Crippen molar-refractivity contribution in [1.29, 1.82) is 0 Å². The zero-order valence-electron chi connectivity index (χ0n) is 17.6. The summed E-state index contributed by atoms with van der Waals surface area (Å²) in [6, 6.07) is 5.41. The van der Waals surface area contributed by atoms with Crippen molar-refractivity contribution in [1.82, 2.24) is 10.6 Å². The Morgan fingerprint density at radius 1 is 1.14 bits per heavy atom. The quantitative estimate of drug-likeness (QED) is 0.396. The van der Waals surface area contributed by atoms with Gasteiger partial charge in [-0.25, -0.2) is 0 Å². The number of aliphatic hydroxyl groups excluding tert-OH is 1. The molecule has 1 aromatic carbocycles. The van der Waals surface area contributed by atoms with E-state index in [0.717, 1.165) is 37.6 Å². The van der Waals surface area contributed by atoms with Crippen molar-refractivity contribution in [3.63, 3.8) is 0 Å². The number of guanidine groups is 1. The second-order valence-electron chi connectivity index (χ2n) is 7.33. The molecule has 0 bridgehead atoms. The van der Waals surface area contributed by atoms with E-state index >= 15 is 0 Å². The van der Waals surface area contributed by atoms with E-state index in [2.05, 4.69) is 10.6 Å². The van der Waals surface area contributed by atoms with Gasteiger partial charge in [-0.05, 0) is 49.3 Å². The summed E-state index contributed by atoms with van der Waals surface area (Å²) in [4.78, 5) is 4.77. The van der Waals surface area contributed by atoms with E-state index < -0.39 is 6.10 Å². The number of nitrogens with one attached hydrogen (secondary N) is 2. The van der Waals surface area contributed by atoms with Gasteiger partial charge in [-0.2, -0.15) is 0 Å². The fourth-order valence-electron chi connectivity index (χ4n) is 3.40. The Balaban J connectivity index is 1.98. The number of ether oxygens (including phenoxy) is 3. The maximum absolute atomic E-state index is 10.6. The third-order valence-corrected chi connectivity index (χ3v) is 5.39. The van der Waals surface area contributed by atoms with Crippen LogP contribution in [0.5, 0.6) is 11.5 Å². The Morgan fingerprint density at radius 3 is 2.32 bits per heavy atom. The molecule has 0 spiro atoms. The topological polar surface area (TPSA) is 84.3 Å². The van der Waals surface area contributed by atoms with Gasteiger partial charge in [0.25, 0.3) is 0 Å². The summed E-state index contributed by atoms with van der Waals surface area (Å²) < 4.78 is 15.8. The third-order valence-electron chi connectivity index (χ3n) is 5.39. The van der Waals surface area contributed by atoms with Crippen LogP contribution in [-0.2, 0) is 4.74 Å². The largest absolute Gasteiger partial charge is 0.497 e. The minimum Gasteiger partial charge on any atom is -0.497 e. The summed E-state index contributed by atoms with van der Waals surface area (Å²) in [6.45, 7) is 4.68. The monoisotopic (exact) mass is 393 g/mol. The molecular formula is C21H35N3O4. The van der Waals surface area contributed by atoms with E-state index in [-0.39, 0.29) is 5.41 Å². The number of aliphatic hydroxyl groups is 1. The molecule has 28 heavy (non-hydrogen) atoms. The van der Waals surface area contributed by atoms with E-state index in [1.54, 1.807) is 27.4 Å². The zero-order chi connectivity index (χ0) is 20.4. The van der Waals surface area contributed by atoms with Crippen molar-refractivity contribution in [2.45, 2.75) is 38.7 Å². The Kier molecular flexibility index (Phi) is 8.86. The van der Waals surface area contributed by atoms with Gasteiger partial charge < -0.3 is 30.0 Å². The summed E-state index contributed by atoms with van der Waals surface area (Å²) in [6.07, 6.45) is 3.99. The lowest BCUT2D eigenvalue weighted by atomic mass is 9.67. The highest BCUT2D eigenvalue weighted by atomic mass is 16.5. The van der Waals surface area contributed by atoms with Crippen molar-refractivity contribution in [2.24, 2.45) is 10.4 Å². The number of hydrogen-bond acceptors (Lipinski definition) is 5. The maximum Gasteiger partial charge on any atom is 0.191 e. The zero-order valence-corrected chi connectivity index (χ0v) is 17.6. The Labute approximate surface area is 168 Å². The normalized spacial score (nSPS) is 16.8. The van der Waals surface area contributed by atoms with E-state index in [1.165, 1.54) is 19.3 Å². The lowest BCUT2D eigenvalue weighted by Gasteiger charge is -2.40. The molecule has 1 fully saturated rings. The van der Waals surface area contributed by atoms with E-state index in [9.17, 15) is 5.11 Å². The number of nitrogens with zero attached hydrogens (tertiary/aromatic N) is 1. The van der Waals surface area contributed by atoms with Crippen molar-refractivity contribution < 1.29 is 19.3 Å². The summed E-state index contributed by atoms with van der Waals surface area (Å²) in [5.41, 5.74) is 0.993. The predicted octanol–water partition coefficient (Wildman–Crippen LogP) is 2.50. The van der Waals surface area contributed by atoms with Crippen LogP contribution in [0.1, 0.15) is 44.3 Å². The molecular weight excluding hydrogens is 358 g/mol. The van der Waals surface area contributed by atoms with Gasteiger partial charge in [-0.3, -0.25) is 4.99 Å². The second kappa shape index (κ2) is 11.1. The van der Waals surface area contributed by atoms with Crippen molar-refractivity contribution in [3.05, 3.63) is 23.8 Å². The Bertz CT molecular complexity index is 610. The molecule has 7 nitrogen and oxygen atoms in total. The molecule has 1 aromatic rings. The molecule has 1 saturated carbocycles. The smallest absolute Gasteiger partial charge is 0.191 e. The maximum atomic E-state index is 10.6. The lowest BCUT2D eigenvalue weighted by molar-refractivity contribution is 0.0778. The van der Waals surface area contributed by atoms with Gasteiger partial charge in [0, 0.05) is 39.4 Å². The fraction of sp³-hybridized carbons (Fsp3) is 0.667.